The van der Waals surface area contributed by atoms with Crippen LogP contribution >= 0.6 is 11.3 Å². The van der Waals surface area contributed by atoms with Gasteiger partial charge in [-0.3, -0.25) is 9.59 Å². The first-order valence-electron chi connectivity index (χ1n) is 7.94. The van der Waals surface area contributed by atoms with E-state index in [4.69, 9.17) is 0 Å². The molecule has 0 aliphatic heterocycles. The zero-order valence-electron chi connectivity index (χ0n) is 13.7. The van der Waals surface area contributed by atoms with Gasteiger partial charge in [-0.25, -0.2) is 4.98 Å². The van der Waals surface area contributed by atoms with E-state index in [1.165, 1.54) is 11.3 Å². The highest BCUT2D eigenvalue weighted by molar-refractivity contribution is 7.20. The maximum Gasteiger partial charge on any atom is 0.261 e. The van der Waals surface area contributed by atoms with Gasteiger partial charge in [0.05, 0.1) is 10.3 Å². The molecule has 0 saturated carbocycles. The molecule has 2 N–H and O–H groups in total. The first-order valence-corrected chi connectivity index (χ1v) is 8.76. The summed E-state index contributed by atoms with van der Waals surface area (Å²) in [6.45, 7) is 4.42. The van der Waals surface area contributed by atoms with Crippen molar-refractivity contribution < 1.29 is 4.79 Å². The van der Waals surface area contributed by atoms with Crippen LogP contribution in [0.25, 0.3) is 10.2 Å². The van der Waals surface area contributed by atoms with E-state index < -0.39 is 0 Å². The molecule has 2 aromatic heterocycles. The quantitative estimate of drug-likeness (QED) is 0.749. The predicted octanol–water partition coefficient (Wildman–Crippen LogP) is 3.02. The Hall–Kier alpha value is -2.47. The number of aryl methyl sites for hydroxylation is 1. The van der Waals surface area contributed by atoms with Gasteiger partial charge in [-0.2, -0.15) is 0 Å². The number of hydrogen-bond acceptors (Lipinski definition) is 4. The zero-order chi connectivity index (χ0) is 17.1. The second-order valence-electron chi connectivity index (χ2n) is 5.67. The Labute approximate surface area is 143 Å². The minimum absolute atomic E-state index is 0.138. The van der Waals surface area contributed by atoms with Crippen LogP contribution in [-0.2, 0) is 6.42 Å². The fraction of sp³-hybridized carbons (Fsp3) is 0.278. The van der Waals surface area contributed by atoms with Gasteiger partial charge in [0.2, 0.25) is 0 Å². The molecule has 0 spiro atoms. The number of nitrogens with zero attached hydrogens (tertiary/aromatic N) is 1. The van der Waals surface area contributed by atoms with Crippen molar-refractivity contribution in [2.45, 2.75) is 26.7 Å². The van der Waals surface area contributed by atoms with Crippen LogP contribution in [0.2, 0.25) is 0 Å². The Morgan fingerprint density at radius 1 is 1.29 bits per heavy atom. The van der Waals surface area contributed by atoms with Crippen LogP contribution in [0.4, 0.5) is 0 Å². The number of aromatic amines is 1. The molecule has 124 valence electrons. The van der Waals surface area contributed by atoms with Crippen molar-refractivity contribution in [1.29, 1.82) is 0 Å². The molecule has 2 heterocycles. The summed E-state index contributed by atoms with van der Waals surface area (Å²) in [6, 6.07) is 9.85. The summed E-state index contributed by atoms with van der Waals surface area (Å²) in [5.74, 6) is 0.474. The molecule has 0 aliphatic carbocycles. The second kappa shape index (κ2) is 6.97. The number of nitrogens with one attached hydrogen (secondary N) is 2. The Balaban J connectivity index is 1.99. The second-order valence-corrected chi connectivity index (χ2v) is 6.67. The van der Waals surface area contributed by atoms with E-state index in [2.05, 4.69) is 15.3 Å². The largest absolute Gasteiger partial charge is 0.351 e. The van der Waals surface area contributed by atoms with Gasteiger partial charge >= 0.3 is 0 Å². The number of benzene rings is 1. The molecule has 1 aromatic carbocycles. The summed E-state index contributed by atoms with van der Waals surface area (Å²) >= 11 is 1.28. The average Bonchev–Trinajstić information content (AvgIpc) is 2.91. The summed E-state index contributed by atoms with van der Waals surface area (Å²) < 4.78 is 0. The van der Waals surface area contributed by atoms with Crippen LogP contribution in [0.5, 0.6) is 0 Å². The van der Waals surface area contributed by atoms with Gasteiger partial charge in [0, 0.05) is 13.0 Å². The minimum Gasteiger partial charge on any atom is -0.351 e. The summed E-state index contributed by atoms with van der Waals surface area (Å²) in [6.07, 6.45) is 1.43. The molecule has 3 rings (SSSR count). The highest BCUT2D eigenvalue weighted by Crippen LogP contribution is 2.27. The Bertz CT molecular complexity index is 929. The fourth-order valence-electron chi connectivity index (χ4n) is 2.60. The van der Waals surface area contributed by atoms with E-state index in [0.717, 1.165) is 12.0 Å². The molecule has 1 amide bonds. The number of hydrogen-bond donors (Lipinski definition) is 2. The Morgan fingerprint density at radius 2 is 2.04 bits per heavy atom. The van der Waals surface area contributed by atoms with Gasteiger partial charge in [0.25, 0.3) is 11.5 Å². The van der Waals surface area contributed by atoms with E-state index in [-0.39, 0.29) is 11.5 Å². The van der Waals surface area contributed by atoms with Crippen molar-refractivity contribution in [3.8, 4) is 0 Å². The molecule has 0 fully saturated rings. The molecule has 0 atom stereocenters. The summed E-state index contributed by atoms with van der Waals surface area (Å²) in [5, 5.41) is 3.37. The molecule has 24 heavy (non-hydrogen) atoms. The lowest BCUT2D eigenvalue weighted by molar-refractivity contribution is 0.0957. The summed E-state index contributed by atoms with van der Waals surface area (Å²) in [4.78, 5) is 33.3. The van der Waals surface area contributed by atoms with Crippen molar-refractivity contribution in [2.75, 3.05) is 6.54 Å². The van der Waals surface area contributed by atoms with E-state index in [0.29, 0.717) is 39.4 Å². The predicted molar refractivity (Wildman–Crippen MR) is 96.8 cm³/mol. The summed E-state index contributed by atoms with van der Waals surface area (Å²) in [7, 11) is 0. The number of amides is 1. The monoisotopic (exact) mass is 341 g/mol. The number of carbonyl (C=O) groups excluding carboxylic acids is 1. The van der Waals surface area contributed by atoms with Crippen molar-refractivity contribution in [3.05, 3.63) is 62.5 Å². The number of aromatic nitrogens is 2. The first-order chi connectivity index (χ1) is 11.6. The molecule has 0 aliphatic rings. The van der Waals surface area contributed by atoms with E-state index in [1.54, 1.807) is 6.92 Å². The molecule has 3 aromatic rings. The van der Waals surface area contributed by atoms with E-state index in [1.807, 2.05) is 37.3 Å². The molecule has 0 radical (unpaired) electrons. The Morgan fingerprint density at radius 3 is 2.75 bits per heavy atom. The Kier molecular flexibility index (Phi) is 4.76. The zero-order valence-corrected chi connectivity index (χ0v) is 14.5. The number of rotatable bonds is 5. The lowest BCUT2D eigenvalue weighted by atomic mass is 10.1. The summed E-state index contributed by atoms with van der Waals surface area (Å²) in [5.41, 5.74) is 1.59. The molecule has 5 nitrogen and oxygen atoms in total. The number of H-pyrrole nitrogens is 1. The van der Waals surface area contributed by atoms with Gasteiger partial charge in [-0.15, -0.1) is 11.3 Å². The number of fused-ring (bicyclic) bond motifs is 1. The fourth-order valence-corrected chi connectivity index (χ4v) is 3.71. The highest BCUT2D eigenvalue weighted by atomic mass is 32.1. The van der Waals surface area contributed by atoms with Gasteiger partial charge in [-0.1, -0.05) is 37.3 Å². The van der Waals surface area contributed by atoms with Gasteiger partial charge in [-0.05, 0) is 24.5 Å². The van der Waals surface area contributed by atoms with Crippen LogP contribution in [-0.4, -0.2) is 22.4 Å². The molecule has 0 unspecified atom stereocenters. The maximum atomic E-state index is 12.4. The standard InChI is InChI=1S/C18H19N3O2S/c1-3-9-19-17(23)15-11(2)14-16(22)20-13(21-18(14)24-15)10-12-7-5-4-6-8-12/h4-8H,3,9-10H2,1-2H3,(H,19,23)(H,20,21,22). The van der Waals surface area contributed by atoms with Crippen molar-refractivity contribution in [1.82, 2.24) is 15.3 Å². The van der Waals surface area contributed by atoms with Crippen LogP contribution in [0.1, 0.15) is 40.0 Å². The van der Waals surface area contributed by atoms with Gasteiger partial charge in [0.1, 0.15) is 10.7 Å². The van der Waals surface area contributed by atoms with Gasteiger partial charge < -0.3 is 10.3 Å². The van der Waals surface area contributed by atoms with Crippen molar-refractivity contribution >= 4 is 27.5 Å². The van der Waals surface area contributed by atoms with E-state index in [9.17, 15) is 9.59 Å². The van der Waals surface area contributed by atoms with Crippen molar-refractivity contribution in [2.24, 2.45) is 0 Å². The molecule has 0 saturated heterocycles. The SMILES string of the molecule is CCCNC(=O)c1sc2nc(Cc3ccccc3)[nH]c(=O)c2c1C. The van der Waals surface area contributed by atoms with Crippen molar-refractivity contribution in [3.63, 3.8) is 0 Å². The number of thiophene rings is 1. The lowest BCUT2D eigenvalue weighted by Crippen LogP contribution is -2.23. The van der Waals surface area contributed by atoms with E-state index >= 15 is 0 Å². The maximum absolute atomic E-state index is 12.4. The first kappa shape index (κ1) is 16.4. The average molecular weight is 341 g/mol. The highest BCUT2D eigenvalue weighted by Gasteiger charge is 2.19. The smallest absolute Gasteiger partial charge is 0.261 e. The van der Waals surface area contributed by atoms with Crippen LogP contribution in [0, 0.1) is 6.92 Å². The van der Waals surface area contributed by atoms with Crippen LogP contribution in [0.3, 0.4) is 0 Å². The number of carbonyl (C=O) groups is 1. The lowest BCUT2D eigenvalue weighted by Gasteiger charge is -2.01. The minimum atomic E-state index is -0.186. The normalized spacial score (nSPS) is 10.9. The third-order valence-corrected chi connectivity index (χ3v) is 4.99. The van der Waals surface area contributed by atoms with Crippen LogP contribution < -0.4 is 10.9 Å². The van der Waals surface area contributed by atoms with Crippen LogP contribution in [0.15, 0.2) is 35.1 Å². The third kappa shape index (κ3) is 3.23. The molecular formula is C18H19N3O2S. The molecule has 6 heteroatoms. The molecular weight excluding hydrogens is 322 g/mol. The van der Waals surface area contributed by atoms with Gasteiger partial charge in [0.15, 0.2) is 0 Å². The topological polar surface area (TPSA) is 74.8 Å². The molecule has 0 bridgehead atoms. The third-order valence-electron chi connectivity index (χ3n) is 3.81.